The SMILES string of the molecule is COCCCN(CCOC)C(CN)CCCSC. The van der Waals surface area contributed by atoms with Crippen molar-refractivity contribution in [2.24, 2.45) is 5.73 Å². The summed E-state index contributed by atoms with van der Waals surface area (Å²) in [7, 11) is 3.50. The first-order valence-corrected chi connectivity index (χ1v) is 8.10. The Balaban J connectivity index is 4.09. The number of hydrogen-bond donors (Lipinski definition) is 1. The zero-order valence-electron chi connectivity index (χ0n) is 12.2. The highest BCUT2D eigenvalue weighted by Crippen LogP contribution is 2.09. The van der Waals surface area contributed by atoms with Gasteiger partial charge in [-0.3, -0.25) is 4.90 Å². The van der Waals surface area contributed by atoms with Crippen molar-refractivity contribution >= 4 is 11.8 Å². The van der Waals surface area contributed by atoms with Crippen LogP contribution in [-0.2, 0) is 9.47 Å². The van der Waals surface area contributed by atoms with Crippen LogP contribution in [0.25, 0.3) is 0 Å². The first-order valence-electron chi connectivity index (χ1n) is 6.71. The molecule has 0 aromatic rings. The summed E-state index contributed by atoms with van der Waals surface area (Å²) >= 11 is 1.90. The quantitative estimate of drug-likeness (QED) is 0.517. The molecule has 0 aliphatic carbocycles. The lowest BCUT2D eigenvalue weighted by molar-refractivity contribution is 0.105. The minimum Gasteiger partial charge on any atom is -0.385 e. The predicted octanol–water partition coefficient (Wildman–Crippen LogP) is 1.44. The van der Waals surface area contributed by atoms with Crippen molar-refractivity contribution in [3.63, 3.8) is 0 Å². The van der Waals surface area contributed by atoms with Crippen molar-refractivity contribution in [2.75, 3.05) is 59.1 Å². The van der Waals surface area contributed by atoms with Crippen LogP contribution in [-0.4, -0.2) is 70.0 Å². The first kappa shape index (κ1) is 18.2. The van der Waals surface area contributed by atoms with Gasteiger partial charge >= 0.3 is 0 Å². The zero-order valence-corrected chi connectivity index (χ0v) is 13.0. The van der Waals surface area contributed by atoms with Gasteiger partial charge in [0.1, 0.15) is 0 Å². The van der Waals surface area contributed by atoms with Crippen LogP contribution < -0.4 is 5.73 Å². The number of ether oxygens (including phenoxy) is 2. The third kappa shape index (κ3) is 9.16. The van der Waals surface area contributed by atoms with Gasteiger partial charge in [-0.05, 0) is 31.3 Å². The Hall–Kier alpha value is 0.190. The molecular formula is C13H30N2O2S. The topological polar surface area (TPSA) is 47.7 Å². The van der Waals surface area contributed by atoms with Crippen LogP contribution >= 0.6 is 11.8 Å². The van der Waals surface area contributed by atoms with E-state index in [1.54, 1.807) is 14.2 Å². The monoisotopic (exact) mass is 278 g/mol. The van der Waals surface area contributed by atoms with Crippen LogP contribution in [0, 0.1) is 0 Å². The van der Waals surface area contributed by atoms with Gasteiger partial charge in [0, 0.05) is 46.5 Å². The van der Waals surface area contributed by atoms with E-state index < -0.39 is 0 Å². The lowest BCUT2D eigenvalue weighted by Crippen LogP contribution is -2.43. The number of methoxy groups -OCH3 is 2. The highest BCUT2D eigenvalue weighted by molar-refractivity contribution is 7.98. The third-order valence-corrected chi connectivity index (χ3v) is 3.75. The van der Waals surface area contributed by atoms with Crippen LogP contribution in [0.15, 0.2) is 0 Å². The highest BCUT2D eigenvalue weighted by Gasteiger charge is 2.16. The molecule has 0 aromatic carbocycles. The van der Waals surface area contributed by atoms with Gasteiger partial charge in [0.15, 0.2) is 0 Å². The summed E-state index contributed by atoms with van der Waals surface area (Å²) in [6.45, 7) is 4.31. The van der Waals surface area contributed by atoms with Gasteiger partial charge < -0.3 is 15.2 Å². The Morgan fingerprint density at radius 3 is 2.39 bits per heavy atom. The summed E-state index contributed by atoms with van der Waals surface area (Å²) in [4.78, 5) is 2.45. The fourth-order valence-corrected chi connectivity index (χ4v) is 2.47. The van der Waals surface area contributed by atoms with Crippen LogP contribution in [0.5, 0.6) is 0 Å². The standard InChI is InChI=1S/C13H30N2O2S/c1-16-9-5-7-15(8-10-17-2)13(12-14)6-4-11-18-3/h13H,4-12,14H2,1-3H3. The molecule has 1 atom stereocenters. The van der Waals surface area contributed by atoms with Crippen molar-refractivity contribution in [1.82, 2.24) is 4.90 Å². The van der Waals surface area contributed by atoms with Crippen LogP contribution in [0.1, 0.15) is 19.3 Å². The Morgan fingerprint density at radius 1 is 1.11 bits per heavy atom. The van der Waals surface area contributed by atoms with Gasteiger partial charge in [-0.25, -0.2) is 0 Å². The van der Waals surface area contributed by atoms with Gasteiger partial charge in [-0.15, -0.1) is 0 Å². The Bertz CT molecular complexity index is 173. The molecule has 0 aliphatic rings. The first-order chi connectivity index (χ1) is 8.79. The summed E-state index contributed by atoms with van der Waals surface area (Å²) in [5, 5.41) is 0. The second-order valence-corrected chi connectivity index (χ2v) is 5.39. The molecule has 1 unspecified atom stereocenters. The number of rotatable bonds is 13. The summed E-state index contributed by atoms with van der Waals surface area (Å²) in [5.41, 5.74) is 5.91. The van der Waals surface area contributed by atoms with Gasteiger partial charge in [0.25, 0.3) is 0 Å². The summed E-state index contributed by atoms with van der Waals surface area (Å²) in [6.07, 6.45) is 5.61. The van der Waals surface area contributed by atoms with E-state index >= 15 is 0 Å². The molecule has 0 spiro atoms. The van der Waals surface area contributed by atoms with E-state index in [0.717, 1.165) is 39.3 Å². The van der Waals surface area contributed by atoms with E-state index in [0.29, 0.717) is 6.04 Å². The predicted molar refractivity (Wildman–Crippen MR) is 80.4 cm³/mol. The van der Waals surface area contributed by atoms with Gasteiger partial charge in [0.2, 0.25) is 0 Å². The zero-order chi connectivity index (χ0) is 13.6. The lowest BCUT2D eigenvalue weighted by atomic mass is 10.1. The van der Waals surface area contributed by atoms with Crippen LogP contribution in [0.2, 0.25) is 0 Å². The number of nitrogens with zero attached hydrogens (tertiary/aromatic N) is 1. The molecule has 0 radical (unpaired) electrons. The fraction of sp³-hybridized carbons (Fsp3) is 1.00. The molecule has 0 heterocycles. The smallest absolute Gasteiger partial charge is 0.0589 e. The molecule has 0 amide bonds. The fourth-order valence-electron chi connectivity index (χ4n) is 2.01. The molecule has 110 valence electrons. The van der Waals surface area contributed by atoms with Crippen LogP contribution in [0.3, 0.4) is 0 Å². The minimum atomic E-state index is 0.476. The third-order valence-electron chi connectivity index (χ3n) is 3.05. The molecule has 0 fully saturated rings. The molecule has 0 rings (SSSR count). The molecular weight excluding hydrogens is 248 g/mol. The second-order valence-electron chi connectivity index (χ2n) is 4.40. The number of nitrogens with two attached hydrogens (primary N) is 1. The number of hydrogen-bond acceptors (Lipinski definition) is 5. The molecule has 0 aliphatic heterocycles. The van der Waals surface area contributed by atoms with E-state index in [1.165, 1.54) is 18.6 Å². The van der Waals surface area contributed by atoms with Gasteiger partial charge in [-0.2, -0.15) is 11.8 Å². The van der Waals surface area contributed by atoms with E-state index in [2.05, 4.69) is 11.2 Å². The minimum absolute atomic E-state index is 0.476. The van der Waals surface area contributed by atoms with E-state index in [-0.39, 0.29) is 0 Å². The Morgan fingerprint density at radius 2 is 1.83 bits per heavy atom. The lowest BCUT2D eigenvalue weighted by Gasteiger charge is -2.30. The summed E-state index contributed by atoms with van der Waals surface area (Å²) in [5.74, 6) is 1.21. The molecule has 4 nitrogen and oxygen atoms in total. The van der Waals surface area contributed by atoms with E-state index in [9.17, 15) is 0 Å². The van der Waals surface area contributed by atoms with Crippen molar-refractivity contribution in [1.29, 1.82) is 0 Å². The number of thioether (sulfide) groups is 1. The maximum Gasteiger partial charge on any atom is 0.0589 e. The van der Waals surface area contributed by atoms with Crippen molar-refractivity contribution < 1.29 is 9.47 Å². The molecule has 5 heteroatoms. The molecule has 0 bridgehead atoms. The summed E-state index contributed by atoms with van der Waals surface area (Å²) < 4.78 is 10.3. The van der Waals surface area contributed by atoms with E-state index in [1.807, 2.05) is 11.8 Å². The molecule has 0 saturated heterocycles. The van der Waals surface area contributed by atoms with Crippen molar-refractivity contribution in [2.45, 2.75) is 25.3 Å². The largest absolute Gasteiger partial charge is 0.385 e. The van der Waals surface area contributed by atoms with Crippen LogP contribution in [0.4, 0.5) is 0 Å². The second kappa shape index (κ2) is 13.6. The Labute approximate surface area is 117 Å². The molecule has 0 aromatic heterocycles. The normalized spacial score (nSPS) is 13.2. The highest BCUT2D eigenvalue weighted by atomic mass is 32.2. The van der Waals surface area contributed by atoms with Crippen molar-refractivity contribution in [3.8, 4) is 0 Å². The average molecular weight is 278 g/mol. The molecule has 0 saturated carbocycles. The van der Waals surface area contributed by atoms with E-state index in [4.69, 9.17) is 15.2 Å². The average Bonchev–Trinajstić information content (AvgIpc) is 2.39. The molecule has 2 N–H and O–H groups in total. The van der Waals surface area contributed by atoms with Crippen molar-refractivity contribution in [3.05, 3.63) is 0 Å². The maximum absolute atomic E-state index is 5.91. The van der Waals surface area contributed by atoms with Gasteiger partial charge in [-0.1, -0.05) is 0 Å². The van der Waals surface area contributed by atoms with Gasteiger partial charge in [0.05, 0.1) is 6.61 Å². The summed E-state index contributed by atoms with van der Waals surface area (Å²) in [6, 6.07) is 0.476. The maximum atomic E-state index is 5.91. The Kier molecular flexibility index (Phi) is 13.8. The molecule has 18 heavy (non-hydrogen) atoms.